The molecule has 0 unspecified atom stereocenters. The van der Waals surface area contributed by atoms with Gasteiger partial charge in [-0.1, -0.05) is 54.6 Å². The van der Waals surface area contributed by atoms with E-state index in [0.29, 0.717) is 12.1 Å². The summed E-state index contributed by atoms with van der Waals surface area (Å²) in [6.45, 7) is 2.41. The number of aliphatic hydroxyl groups excluding tert-OH is 1. The highest BCUT2D eigenvalue weighted by atomic mass is 16.3. The highest BCUT2D eigenvalue weighted by Crippen LogP contribution is 2.42. The molecule has 178 valence electrons. The van der Waals surface area contributed by atoms with Crippen molar-refractivity contribution in [3.8, 4) is 17.2 Å². The van der Waals surface area contributed by atoms with Gasteiger partial charge in [0.25, 0.3) is 0 Å². The van der Waals surface area contributed by atoms with E-state index in [1.807, 2.05) is 53.4 Å². The fourth-order valence-corrected chi connectivity index (χ4v) is 5.51. The molecule has 2 heterocycles. The Morgan fingerprint density at radius 1 is 0.971 bits per heavy atom. The smallest absolute Gasteiger partial charge is 0.321 e. The van der Waals surface area contributed by atoms with Gasteiger partial charge < -0.3 is 15.3 Å². The predicted octanol–water partition coefficient (Wildman–Crippen LogP) is 4.68. The second-order valence-electron chi connectivity index (χ2n) is 9.34. The van der Waals surface area contributed by atoms with Gasteiger partial charge in [-0.3, -0.25) is 4.90 Å². The lowest BCUT2D eigenvalue weighted by Crippen LogP contribution is -2.68. The second kappa shape index (κ2) is 10.3. The van der Waals surface area contributed by atoms with Crippen molar-refractivity contribution in [3.05, 3.63) is 90.0 Å². The van der Waals surface area contributed by atoms with Gasteiger partial charge >= 0.3 is 6.03 Å². The maximum absolute atomic E-state index is 13.1. The number of hydrogen-bond donors (Lipinski definition) is 2. The third kappa shape index (κ3) is 4.79. The Morgan fingerprint density at radius 2 is 1.74 bits per heavy atom. The summed E-state index contributed by atoms with van der Waals surface area (Å²) >= 11 is 0. The van der Waals surface area contributed by atoms with Crippen LogP contribution in [0.4, 0.5) is 10.5 Å². The number of benzene rings is 3. The highest BCUT2D eigenvalue weighted by Gasteiger charge is 2.49. The number of nitrogens with zero attached hydrogens (tertiary/aromatic N) is 3. The van der Waals surface area contributed by atoms with Gasteiger partial charge in [0, 0.05) is 36.8 Å². The number of hydrogen-bond acceptors (Lipinski definition) is 4. The number of nitriles is 1. The van der Waals surface area contributed by atoms with E-state index in [1.165, 1.54) is 5.56 Å². The van der Waals surface area contributed by atoms with Gasteiger partial charge in [0.05, 0.1) is 18.2 Å². The molecule has 0 saturated carbocycles. The van der Waals surface area contributed by atoms with E-state index in [9.17, 15) is 15.2 Å². The number of aliphatic hydroxyl groups is 1. The zero-order chi connectivity index (χ0) is 24.2. The topological polar surface area (TPSA) is 79.6 Å². The zero-order valence-corrected chi connectivity index (χ0v) is 19.7. The SMILES string of the molecule is N#Cc1cccc(-c2ccc([C@@H]3[C@@H](CO)N4CCCCN(C(=O)Nc5ccccc5)C[C@@H]34)cc2)c1. The number of anilines is 1. The molecule has 3 atom stereocenters. The molecule has 2 amide bonds. The van der Waals surface area contributed by atoms with Crippen LogP contribution in [0.1, 0.15) is 29.9 Å². The molecule has 2 N–H and O–H groups in total. The number of fused-ring (bicyclic) bond motifs is 1. The van der Waals surface area contributed by atoms with E-state index in [-0.39, 0.29) is 30.6 Å². The summed E-state index contributed by atoms with van der Waals surface area (Å²) in [5.74, 6) is 0.157. The largest absolute Gasteiger partial charge is 0.395 e. The monoisotopic (exact) mass is 466 g/mol. The van der Waals surface area contributed by atoms with Gasteiger partial charge in [-0.25, -0.2) is 4.79 Å². The van der Waals surface area contributed by atoms with Crippen molar-refractivity contribution >= 4 is 11.7 Å². The van der Waals surface area contributed by atoms with E-state index in [0.717, 1.165) is 42.7 Å². The third-order valence-corrected chi connectivity index (χ3v) is 7.30. The molecule has 6 nitrogen and oxygen atoms in total. The van der Waals surface area contributed by atoms with Crippen molar-refractivity contribution < 1.29 is 9.90 Å². The first-order valence-corrected chi connectivity index (χ1v) is 12.3. The van der Waals surface area contributed by atoms with E-state index < -0.39 is 0 Å². The molecule has 3 aromatic rings. The molecule has 5 rings (SSSR count). The molecule has 35 heavy (non-hydrogen) atoms. The summed E-state index contributed by atoms with van der Waals surface area (Å²) in [5, 5.41) is 22.5. The van der Waals surface area contributed by atoms with Gasteiger partial charge in [-0.15, -0.1) is 0 Å². The van der Waals surface area contributed by atoms with Crippen LogP contribution in [0.15, 0.2) is 78.9 Å². The summed E-state index contributed by atoms with van der Waals surface area (Å²) in [6, 6.07) is 28.0. The number of nitrogens with one attached hydrogen (secondary N) is 1. The Balaban J connectivity index is 1.35. The zero-order valence-electron chi connectivity index (χ0n) is 19.7. The second-order valence-corrected chi connectivity index (χ2v) is 9.34. The molecule has 0 spiro atoms. The van der Waals surface area contributed by atoms with Crippen LogP contribution < -0.4 is 5.32 Å². The van der Waals surface area contributed by atoms with Crippen LogP contribution in [0.3, 0.4) is 0 Å². The number of para-hydroxylation sites is 1. The van der Waals surface area contributed by atoms with Gasteiger partial charge in [-0.2, -0.15) is 5.26 Å². The van der Waals surface area contributed by atoms with Crippen molar-refractivity contribution in [1.82, 2.24) is 9.80 Å². The Kier molecular flexibility index (Phi) is 6.80. The molecular weight excluding hydrogens is 436 g/mol. The Morgan fingerprint density at radius 3 is 2.49 bits per heavy atom. The fraction of sp³-hybridized carbons (Fsp3) is 0.310. The third-order valence-electron chi connectivity index (χ3n) is 7.30. The van der Waals surface area contributed by atoms with Crippen LogP contribution in [0.25, 0.3) is 11.1 Å². The number of amides is 2. The average Bonchev–Trinajstić information content (AvgIpc) is 2.88. The highest BCUT2D eigenvalue weighted by molar-refractivity contribution is 5.89. The molecule has 2 aliphatic heterocycles. The standard InChI is InChI=1S/C29H30N4O2/c30-18-21-7-6-8-24(17-21)22-11-13-23(14-12-22)28-26-19-32(15-4-5-16-33(26)27(28)20-34)29(35)31-25-9-2-1-3-10-25/h1-3,6-14,17,26-28,34H,4-5,15-16,19-20H2,(H,31,35)/t26-,27+,28-/m0/s1. The number of carbonyl (C=O) groups excluding carboxylic acids is 1. The number of urea groups is 1. The van der Waals surface area contributed by atoms with Crippen LogP contribution in [-0.4, -0.2) is 59.3 Å². The van der Waals surface area contributed by atoms with Crippen LogP contribution in [0.2, 0.25) is 0 Å². The lowest BCUT2D eigenvalue weighted by Gasteiger charge is -2.57. The minimum absolute atomic E-state index is 0.0601. The Bertz CT molecular complexity index is 1210. The Labute approximate surface area is 206 Å². The summed E-state index contributed by atoms with van der Waals surface area (Å²) < 4.78 is 0. The molecule has 0 radical (unpaired) electrons. The van der Waals surface area contributed by atoms with Gasteiger partial charge in [-0.05, 0) is 60.3 Å². The lowest BCUT2D eigenvalue weighted by molar-refractivity contribution is -0.0585. The molecule has 2 aliphatic rings. The van der Waals surface area contributed by atoms with Gasteiger partial charge in [0.1, 0.15) is 0 Å². The van der Waals surface area contributed by atoms with Gasteiger partial charge in [0.2, 0.25) is 0 Å². The molecule has 2 saturated heterocycles. The van der Waals surface area contributed by atoms with E-state index in [1.54, 1.807) is 6.07 Å². The molecule has 3 aromatic carbocycles. The first-order chi connectivity index (χ1) is 17.2. The Hall–Kier alpha value is -3.66. The van der Waals surface area contributed by atoms with Crippen molar-refractivity contribution in [1.29, 1.82) is 5.26 Å². The maximum Gasteiger partial charge on any atom is 0.321 e. The minimum Gasteiger partial charge on any atom is -0.395 e. The molecular formula is C29H30N4O2. The fourth-order valence-electron chi connectivity index (χ4n) is 5.51. The van der Waals surface area contributed by atoms with Gasteiger partial charge in [0.15, 0.2) is 0 Å². The maximum atomic E-state index is 13.1. The van der Waals surface area contributed by atoms with Crippen LogP contribution in [0.5, 0.6) is 0 Å². The van der Waals surface area contributed by atoms with Crippen LogP contribution in [-0.2, 0) is 0 Å². The number of carbonyl (C=O) groups is 1. The van der Waals surface area contributed by atoms with E-state index in [4.69, 9.17) is 0 Å². The number of rotatable bonds is 4. The summed E-state index contributed by atoms with van der Waals surface area (Å²) in [5.41, 5.74) is 4.69. The summed E-state index contributed by atoms with van der Waals surface area (Å²) in [4.78, 5) is 17.4. The van der Waals surface area contributed by atoms with E-state index in [2.05, 4.69) is 40.6 Å². The molecule has 2 fully saturated rings. The first kappa shape index (κ1) is 23.1. The van der Waals surface area contributed by atoms with Crippen LogP contribution >= 0.6 is 0 Å². The molecule has 0 bridgehead atoms. The molecule has 0 aromatic heterocycles. The predicted molar refractivity (Wildman–Crippen MR) is 137 cm³/mol. The van der Waals surface area contributed by atoms with Crippen molar-refractivity contribution in [3.63, 3.8) is 0 Å². The summed E-state index contributed by atoms with van der Waals surface area (Å²) in [7, 11) is 0. The van der Waals surface area contributed by atoms with Crippen LogP contribution in [0, 0.1) is 11.3 Å². The lowest BCUT2D eigenvalue weighted by atomic mass is 9.74. The normalized spacial score (nSPS) is 22.2. The molecule has 6 heteroatoms. The van der Waals surface area contributed by atoms with Crippen molar-refractivity contribution in [2.24, 2.45) is 0 Å². The average molecular weight is 467 g/mol. The quantitative estimate of drug-likeness (QED) is 0.585. The van der Waals surface area contributed by atoms with Crippen molar-refractivity contribution in [2.75, 3.05) is 31.6 Å². The van der Waals surface area contributed by atoms with E-state index >= 15 is 0 Å². The molecule has 0 aliphatic carbocycles. The summed E-state index contributed by atoms with van der Waals surface area (Å²) in [6.07, 6.45) is 1.95. The van der Waals surface area contributed by atoms with Crippen molar-refractivity contribution in [2.45, 2.75) is 30.8 Å². The minimum atomic E-state index is -0.0722. The first-order valence-electron chi connectivity index (χ1n) is 12.3.